The summed E-state index contributed by atoms with van der Waals surface area (Å²) < 4.78 is 0. The minimum Gasteiger partial charge on any atom is -0.306 e. The van der Waals surface area contributed by atoms with Crippen LogP contribution < -0.4 is 10.9 Å². The van der Waals surface area contributed by atoms with E-state index in [2.05, 4.69) is 22.8 Å². The molecule has 1 amide bonds. The molecule has 0 radical (unpaired) electrons. The minimum absolute atomic E-state index is 0.0988. The number of carbonyl (C=O) groups is 1. The van der Waals surface area contributed by atoms with Crippen LogP contribution >= 0.6 is 0 Å². The van der Waals surface area contributed by atoms with Crippen molar-refractivity contribution in [3.05, 3.63) is 0 Å². The van der Waals surface area contributed by atoms with E-state index in [1.165, 1.54) is 32.4 Å². The Balaban J connectivity index is 2.06. The molecule has 0 bridgehead atoms. The molecule has 1 aliphatic heterocycles. The fraction of sp³-hybridized carbons (Fsp3) is 0.909. The van der Waals surface area contributed by atoms with Crippen LogP contribution in [0, 0.1) is 5.92 Å². The molecule has 2 N–H and O–H groups in total. The second-order valence-electron chi connectivity index (χ2n) is 4.46. The van der Waals surface area contributed by atoms with Gasteiger partial charge in [0.05, 0.1) is 0 Å². The molecular weight excluding hydrogens is 190 g/mol. The maximum Gasteiger partial charge on any atom is 0.234 e. The molecule has 15 heavy (non-hydrogen) atoms. The van der Waals surface area contributed by atoms with Gasteiger partial charge in [0.2, 0.25) is 5.91 Å². The standard InChI is InChI=1S/C11H23N3O/c1-12-13-11(15)7-3-5-10-6-4-8-14(2)9-10/h10,12H,3-9H2,1-2H3,(H,13,15). The number of hydrazine groups is 1. The Hall–Kier alpha value is -0.610. The number of carbonyl (C=O) groups excluding carboxylic acids is 1. The second kappa shape index (κ2) is 6.80. The van der Waals surface area contributed by atoms with Crippen molar-refractivity contribution in [2.45, 2.75) is 32.1 Å². The zero-order valence-electron chi connectivity index (χ0n) is 9.88. The summed E-state index contributed by atoms with van der Waals surface area (Å²) in [6.45, 7) is 2.43. The first-order valence-electron chi connectivity index (χ1n) is 5.86. The Bertz CT molecular complexity index is 196. The summed E-state index contributed by atoms with van der Waals surface area (Å²) in [4.78, 5) is 13.6. The maximum atomic E-state index is 11.2. The second-order valence-corrected chi connectivity index (χ2v) is 4.46. The van der Waals surface area contributed by atoms with Crippen molar-refractivity contribution >= 4 is 5.91 Å². The molecule has 0 aromatic heterocycles. The van der Waals surface area contributed by atoms with E-state index in [4.69, 9.17) is 0 Å². The first kappa shape index (κ1) is 12.5. The highest BCUT2D eigenvalue weighted by Gasteiger charge is 2.16. The topological polar surface area (TPSA) is 44.4 Å². The average molecular weight is 213 g/mol. The van der Waals surface area contributed by atoms with Crippen LogP contribution in [0.2, 0.25) is 0 Å². The van der Waals surface area contributed by atoms with Gasteiger partial charge in [0.1, 0.15) is 0 Å². The van der Waals surface area contributed by atoms with E-state index in [1.54, 1.807) is 7.05 Å². The minimum atomic E-state index is 0.0988. The third-order valence-corrected chi connectivity index (χ3v) is 3.00. The van der Waals surface area contributed by atoms with Gasteiger partial charge in [-0.2, -0.15) is 0 Å². The van der Waals surface area contributed by atoms with Crippen LogP contribution in [-0.2, 0) is 4.79 Å². The Morgan fingerprint density at radius 1 is 1.53 bits per heavy atom. The molecule has 1 atom stereocenters. The lowest BCUT2D eigenvalue weighted by Crippen LogP contribution is -2.34. The largest absolute Gasteiger partial charge is 0.306 e. The van der Waals surface area contributed by atoms with Crippen LogP contribution in [0.5, 0.6) is 0 Å². The Morgan fingerprint density at radius 2 is 2.33 bits per heavy atom. The lowest BCUT2D eigenvalue weighted by atomic mass is 9.93. The molecule has 4 nitrogen and oxygen atoms in total. The van der Waals surface area contributed by atoms with Crippen molar-refractivity contribution in [3.63, 3.8) is 0 Å². The van der Waals surface area contributed by atoms with E-state index < -0.39 is 0 Å². The van der Waals surface area contributed by atoms with Crippen LogP contribution in [0.4, 0.5) is 0 Å². The molecule has 1 unspecified atom stereocenters. The number of hydrogen-bond acceptors (Lipinski definition) is 3. The van der Waals surface area contributed by atoms with E-state index in [0.29, 0.717) is 6.42 Å². The summed E-state index contributed by atoms with van der Waals surface area (Å²) >= 11 is 0. The highest BCUT2D eigenvalue weighted by Crippen LogP contribution is 2.20. The summed E-state index contributed by atoms with van der Waals surface area (Å²) in [6, 6.07) is 0. The predicted molar refractivity (Wildman–Crippen MR) is 61.3 cm³/mol. The number of rotatable bonds is 5. The zero-order chi connectivity index (χ0) is 11.1. The molecule has 1 saturated heterocycles. The van der Waals surface area contributed by atoms with Gasteiger partial charge in [-0.1, -0.05) is 0 Å². The summed E-state index contributed by atoms with van der Waals surface area (Å²) in [5.41, 5.74) is 5.25. The van der Waals surface area contributed by atoms with Crippen LogP contribution in [0.1, 0.15) is 32.1 Å². The molecule has 88 valence electrons. The first-order valence-corrected chi connectivity index (χ1v) is 5.86. The molecule has 1 aliphatic rings. The van der Waals surface area contributed by atoms with Crippen LogP contribution in [0.3, 0.4) is 0 Å². The van der Waals surface area contributed by atoms with Crippen LogP contribution in [-0.4, -0.2) is 38.0 Å². The van der Waals surface area contributed by atoms with Crippen molar-refractivity contribution in [1.29, 1.82) is 0 Å². The number of likely N-dealkylation sites (tertiary alicyclic amines) is 1. The Kier molecular flexibility index (Phi) is 5.65. The molecule has 1 rings (SSSR count). The number of amides is 1. The average Bonchev–Trinajstić information content (AvgIpc) is 2.18. The first-order chi connectivity index (χ1) is 7.22. The van der Waals surface area contributed by atoms with Gasteiger partial charge in [0, 0.05) is 20.0 Å². The van der Waals surface area contributed by atoms with Crippen molar-refractivity contribution in [3.8, 4) is 0 Å². The fourth-order valence-electron chi connectivity index (χ4n) is 2.26. The van der Waals surface area contributed by atoms with Gasteiger partial charge in [-0.05, 0) is 45.2 Å². The van der Waals surface area contributed by atoms with Gasteiger partial charge < -0.3 is 4.90 Å². The molecular formula is C11H23N3O. The van der Waals surface area contributed by atoms with Gasteiger partial charge >= 0.3 is 0 Å². The quantitative estimate of drug-likeness (QED) is 0.662. The number of nitrogens with zero attached hydrogens (tertiary/aromatic N) is 1. The van der Waals surface area contributed by atoms with E-state index >= 15 is 0 Å². The van der Waals surface area contributed by atoms with Crippen LogP contribution in [0.15, 0.2) is 0 Å². The van der Waals surface area contributed by atoms with Crippen molar-refractivity contribution in [1.82, 2.24) is 15.8 Å². The number of nitrogens with one attached hydrogen (secondary N) is 2. The normalized spacial score (nSPS) is 22.7. The number of hydrogen-bond donors (Lipinski definition) is 2. The lowest BCUT2D eigenvalue weighted by molar-refractivity contribution is -0.122. The van der Waals surface area contributed by atoms with Gasteiger partial charge in [-0.25, -0.2) is 5.43 Å². The van der Waals surface area contributed by atoms with Crippen LogP contribution in [0.25, 0.3) is 0 Å². The van der Waals surface area contributed by atoms with E-state index in [9.17, 15) is 4.79 Å². The van der Waals surface area contributed by atoms with E-state index in [0.717, 1.165) is 12.3 Å². The third-order valence-electron chi connectivity index (χ3n) is 3.00. The Morgan fingerprint density at radius 3 is 3.00 bits per heavy atom. The fourth-order valence-corrected chi connectivity index (χ4v) is 2.26. The smallest absolute Gasteiger partial charge is 0.234 e. The van der Waals surface area contributed by atoms with Gasteiger partial charge in [0.15, 0.2) is 0 Å². The van der Waals surface area contributed by atoms with E-state index in [-0.39, 0.29) is 5.91 Å². The molecule has 1 fully saturated rings. The molecule has 4 heteroatoms. The summed E-state index contributed by atoms with van der Waals surface area (Å²) in [5, 5.41) is 0. The summed E-state index contributed by atoms with van der Waals surface area (Å²) in [6.07, 6.45) is 5.47. The molecule has 1 heterocycles. The van der Waals surface area contributed by atoms with Gasteiger partial charge in [-0.3, -0.25) is 10.2 Å². The lowest BCUT2D eigenvalue weighted by Gasteiger charge is -2.29. The molecule has 0 saturated carbocycles. The SMILES string of the molecule is CNNC(=O)CCCC1CCCN(C)C1. The summed E-state index contributed by atoms with van der Waals surface area (Å²) in [7, 11) is 3.90. The van der Waals surface area contributed by atoms with E-state index in [1.807, 2.05) is 0 Å². The van der Waals surface area contributed by atoms with Gasteiger partial charge in [-0.15, -0.1) is 0 Å². The Labute approximate surface area is 92.4 Å². The highest BCUT2D eigenvalue weighted by molar-refractivity contribution is 5.75. The zero-order valence-corrected chi connectivity index (χ0v) is 9.88. The summed E-state index contributed by atoms with van der Waals surface area (Å²) in [5.74, 6) is 0.896. The predicted octanol–water partition coefficient (Wildman–Crippen LogP) is 0.749. The third kappa shape index (κ3) is 5.14. The van der Waals surface area contributed by atoms with Gasteiger partial charge in [0.25, 0.3) is 0 Å². The van der Waals surface area contributed by atoms with Crippen molar-refractivity contribution < 1.29 is 4.79 Å². The monoisotopic (exact) mass is 213 g/mol. The number of piperidine rings is 1. The maximum absolute atomic E-state index is 11.2. The molecule has 0 aromatic rings. The molecule has 0 aliphatic carbocycles. The van der Waals surface area contributed by atoms with Crippen molar-refractivity contribution in [2.75, 3.05) is 27.2 Å². The van der Waals surface area contributed by atoms with Crippen molar-refractivity contribution in [2.24, 2.45) is 5.92 Å². The highest BCUT2D eigenvalue weighted by atomic mass is 16.2. The molecule has 0 aromatic carbocycles. The molecule has 0 spiro atoms.